The molecule has 2 atom stereocenters. The molecule has 1 aliphatic carbocycles. The summed E-state index contributed by atoms with van der Waals surface area (Å²) in [6, 6.07) is 5.75. The van der Waals surface area contributed by atoms with Gasteiger partial charge in [0, 0.05) is 18.5 Å². The highest BCUT2D eigenvalue weighted by Gasteiger charge is 2.39. The topological polar surface area (TPSA) is 3.24 Å². The minimum absolute atomic E-state index is 0.120. The monoisotopic (exact) mass is 239 g/mol. The second kappa shape index (κ2) is 3.92. The quantitative estimate of drug-likeness (QED) is 0.714. The lowest BCUT2D eigenvalue weighted by atomic mass is 10.1. The lowest BCUT2D eigenvalue weighted by Gasteiger charge is -2.31. The highest BCUT2D eigenvalue weighted by atomic mass is 35.5. The number of nitrogens with zero attached hydrogens (tertiary/aromatic N) is 1. The third kappa shape index (κ3) is 1.51. The van der Waals surface area contributed by atoms with E-state index in [1.165, 1.54) is 25.3 Å². The molecule has 0 N–H and O–H groups in total. The molecule has 1 nitrogen and oxygen atoms in total. The van der Waals surface area contributed by atoms with Crippen molar-refractivity contribution in [2.75, 3.05) is 11.4 Å². The summed E-state index contributed by atoms with van der Waals surface area (Å²) in [7, 11) is 0. The number of fused-ring (bicyclic) bond motifs is 2. The van der Waals surface area contributed by atoms with Crippen LogP contribution >= 0.6 is 11.6 Å². The van der Waals surface area contributed by atoms with E-state index in [9.17, 15) is 4.39 Å². The summed E-state index contributed by atoms with van der Waals surface area (Å²) in [6.07, 6.45) is 3.75. The van der Waals surface area contributed by atoms with E-state index in [-0.39, 0.29) is 5.82 Å². The standard InChI is InChI=1S/C13H15ClFN/c14-7-10-2-1-3-12(15)13(10)16-8-9-4-5-11(16)6-9/h1-3,9,11H,4-8H2. The predicted molar refractivity (Wildman–Crippen MR) is 64.4 cm³/mol. The summed E-state index contributed by atoms with van der Waals surface area (Å²) in [4.78, 5) is 2.24. The molecular formula is C13H15ClFN. The maximum atomic E-state index is 13.9. The Bertz CT molecular complexity index is 407. The highest BCUT2D eigenvalue weighted by Crippen LogP contribution is 2.42. The van der Waals surface area contributed by atoms with Gasteiger partial charge in [0.05, 0.1) is 5.69 Å². The van der Waals surface area contributed by atoms with Crippen molar-refractivity contribution < 1.29 is 4.39 Å². The Morgan fingerprint density at radius 2 is 2.25 bits per heavy atom. The van der Waals surface area contributed by atoms with Crippen molar-refractivity contribution in [2.24, 2.45) is 5.92 Å². The molecule has 0 aromatic heterocycles. The molecule has 2 bridgehead atoms. The summed E-state index contributed by atoms with van der Waals surface area (Å²) in [5.74, 6) is 1.04. The Morgan fingerprint density at radius 3 is 2.88 bits per heavy atom. The van der Waals surface area contributed by atoms with Crippen LogP contribution in [0.2, 0.25) is 0 Å². The third-order valence-corrected chi connectivity index (χ3v) is 4.20. The van der Waals surface area contributed by atoms with Gasteiger partial charge in [0.1, 0.15) is 5.82 Å². The number of piperidine rings is 1. The van der Waals surface area contributed by atoms with Crippen LogP contribution in [0.3, 0.4) is 0 Å². The SMILES string of the molecule is Fc1cccc(CCl)c1N1CC2CCC1C2. The van der Waals surface area contributed by atoms with E-state index in [0.717, 1.165) is 23.7 Å². The van der Waals surface area contributed by atoms with Crippen molar-refractivity contribution in [3.8, 4) is 0 Å². The first-order valence-corrected chi connectivity index (χ1v) is 6.43. The maximum absolute atomic E-state index is 13.9. The molecule has 1 saturated carbocycles. The molecule has 1 aromatic rings. The van der Waals surface area contributed by atoms with E-state index in [1.807, 2.05) is 6.07 Å². The summed E-state index contributed by atoms with van der Waals surface area (Å²) in [6.45, 7) is 1.01. The van der Waals surface area contributed by atoms with Crippen LogP contribution in [0.1, 0.15) is 24.8 Å². The second-order valence-corrected chi connectivity index (χ2v) is 5.13. The van der Waals surface area contributed by atoms with Gasteiger partial charge in [-0.05, 0) is 36.8 Å². The van der Waals surface area contributed by atoms with Crippen LogP contribution in [0, 0.1) is 11.7 Å². The van der Waals surface area contributed by atoms with Gasteiger partial charge in [0.2, 0.25) is 0 Å². The first kappa shape index (κ1) is 10.4. The zero-order chi connectivity index (χ0) is 11.1. The first-order valence-electron chi connectivity index (χ1n) is 5.89. The number of anilines is 1. The van der Waals surface area contributed by atoms with Gasteiger partial charge in [-0.15, -0.1) is 11.6 Å². The molecule has 1 saturated heterocycles. The molecule has 0 radical (unpaired) electrons. The van der Waals surface area contributed by atoms with Crippen LogP contribution < -0.4 is 4.90 Å². The predicted octanol–water partition coefficient (Wildman–Crippen LogP) is 3.55. The average molecular weight is 240 g/mol. The van der Waals surface area contributed by atoms with Gasteiger partial charge in [-0.2, -0.15) is 0 Å². The molecule has 1 aromatic carbocycles. The van der Waals surface area contributed by atoms with Gasteiger partial charge in [0.15, 0.2) is 0 Å². The van der Waals surface area contributed by atoms with Gasteiger partial charge in [-0.1, -0.05) is 12.1 Å². The van der Waals surface area contributed by atoms with Crippen molar-refractivity contribution in [1.82, 2.24) is 0 Å². The number of hydrogen-bond acceptors (Lipinski definition) is 1. The summed E-state index contributed by atoms with van der Waals surface area (Å²) < 4.78 is 13.9. The van der Waals surface area contributed by atoms with Gasteiger partial charge < -0.3 is 4.90 Å². The average Bonchev–Trinajstić information content (AvgIpc) is 2.90. The number of halogens is 2. The van der Waals surface area contributed by atoms with Crippen molar-refractivity contribution in [2.45, 2.75) is 31.2 Å². The van der Waals surface area contributed by atoms with Crippen LogP contribution in [0.15, 0.2) is 18.2 Å². The summed E-state index contributed by atoms with van der Waals surface area (Å²) in [5.41, 5.74) is 1.68. The van der Waals surface area contributed by atoms with E-state index in [4.69, 9.17) is 11.6 Å². The fourth-order valence-electron chi connectivity index (χ4n) is 3.19. The van der Waals surface area contributed by atoms with E-state index in [1.54, 1.807) is 6.07 Å². The molecule has 1 aliphatic heterocycles. The fourth-order valence-corrected chi connectivity index (χ4v) is 3.40. The van der Waals surface area contributed by atoms with Crippen molar-refractivity contribution >= 4 is 17.3 Å². The molecular weight excluding hydrogens is 225 g/mol. The second-order valence-electron chi connectivity index (χ2n) is 4.87. The molecule has 2 fully saturated rings. The van der Waals surface area contributed by atoms with E-state index in [2.05, 4.69) is 4.90 Å². The smallest absolute Gasteiger partial charge is 0.146 e. The lowest BCUT2D eigenvalue weighted by Crippen LogP contribution is -2.33. The number of hydrogen-bond donors (Lipinski definition) is 0. The first-order chi connectivity index (χ1) is 7.79. The third-order valence-electron chi connectivity index (χ3n) is 3.91. The Kier molecular flexibility index (Phi) is 2.55. The largest absolute Gasteiger partial charge is 0.366 e. The zero-order valence-electron chi connectivity index (χ0n) is 9.13. The number of para-hydroxylation sites is 1. The molecule has 3 heteroatoms. The number of benzene rings is 1. The van der Waals surface area contributed by atoms with Crippen LogP contribution in [0.5, 0.6) is 0 Å². The van der Waals surface area contributed by atoms with Crippen LogP contribution in [0.4, 0.5) is 10.1 Å². The number of alkyl halides is 1. The molecule has 86 valence electrons. The lowest BCUT2D eigenvalue weighted by molar-refractivity contribution is 0.539. The Labute approximate surface area is 100 Å². The van der Waals surface area contributed by atoms with Gasteiger partial charge in [0.25, 0.3) is 0 Å². The van der Waals surface area contributed by atoms with Crippen molar-refractivity contribution in [3.05, 3.63) is 29.6 Å². The Morgan fingerprint density at radius 1 is 1.38 bits per heavy atom. The Hall–Kier alpha value is -0.760. The van der Waals surface area contributed by atoms with E-state index >= 15 is 0 Å². The fraction of sp³-hybridized carbons (Fsp3) is 0.538. The summed E-state index contributed by atoms with van der Waals surface area (Å²) in [5, 5.41) is 0. The summed E-state index contributed by atoms with van der Waals surface area (Å²) >= 11 is 5.89. The van der Waals surface area contributed by atoms with Crippen LogP contribution in [-0.4, -0.2) is 12.6 Å². The van der Waals surface area contributed by atoms with Crippen molar-refractivity contribution in [3.63, 3.8) is 0 Å². The molecule has 1 heterocycles. The molecule has 0 amide bonds. The van der Waals surface area contributed by atoms with Crippen LogP contribution in [-0.2, 0) is 5.88 Å². The van der Waals surface area contributed by atoms with Gasteiger partial charge in [-0.25, -0.2) is 4.39 Å². The Balaban J connectivity index is 1.99. The molecule has 3 rings (SSSR count). The molecule has 16 heavy (non-hydrogen) atoms. The van der Waals surface area contributed by atoms with Gasteiger partial charge in [-0.3, -0.25) is 0 Å². The van der Waals surface area contributed by atoms with Crippen molar-refractivity contribution in [1.29, 1.82) is 0 Å². The normalized spacial score (nSPS) is 27.8. The molecule has 0 spiro atoms. The molecule has 2 aliphatic rings. The minimum atomic E-state index is -0.120. The van der Waals surface area contributed by atoms with E-state index < -0.39 is 0 Å². The highest BCUT2D eigenvalue weighted by molar-refractivity contribution is 6.17. The molecule has 2 unspecified atom stereocenters. The van der Waals surface area contributed by atoms with E-state index in [0.29, 0.717) is 11.9 Å². The number of rotatable bonds is 2. The minimum Gasteiger partial charge on any atom is -0.366 e. The van der Waals surface area contributed by atoms with Crippen LogP contribution in [0.25, 0.3) is 0 Å². The maximum Gasteiger partial charge on any atom is 0.146 e. The zero-order valence-corrected chi connectivity index (χ0v) is 9.88. The van der Waals surface area contributed by atoms with Gasteiger partial charge >= 0.3 is 0 Å².